The highest BCUT2D eigenvalue weighted by molar-refractivity contribution is 5.26. The number of nitrogens with one attached hydrogen (secondary N) is 1. The highest BCUT2D eigenvalue weighted by atomic mass is 19.2. The minimum atomic E-state index is -0.801. The maximum atomic E-state index is 14.1. The number of benzene rings is 1. The van der Waals surface area contributed by atoms with Crippen LogP contribution < -0.4 is 5.32 Å². The van der Waals surface area contributed by atoms with E-state index in [1.165, 1.54) is 6.42 Å². The van der Waals surface area contributed by atoms with Crippen LogP contribution in [0.15, 0.2) is 18.2 Å². The van der Waals surface area contributed by atoms with Gasteiger partial charge in [-0.25, -0.2) is 8.78 Å². The van der Waals surface area contributed by atoms with Gasteiger partial charge >= 0.3 is 0 Å². The molecule has 20 heavy (non-hydrogen) atoms. The number of halogens is 2. The summed E-state index contributed by atoms with van der Waals surface area (Å²) in [5.41, 5.74) is -0.0704. The Balaban J connectivity index is 2.39. The normalized spacial score (nSPS) is 19.8. The molecular formula is C16H23F2NO. The van der Waals surface area contributed by atoms with Crippen molar-refractivity contribution in [3.63, 3.8) is 0 Å². The predicted octanol–water partition coefficient (Wildman–Crippen LogP) is 3.96. The fourth-order valence-electron chi connectivity index (χ4n) is 3.40. The Morgan fingerprint density at radius 1 is 1.25 bits per heavy atom. The highest BCUT2D eigenvalue weighted by Crippen LogP contribution is 2.42. The van der Waals surface area contributed by atoms with Gasteiger partial charge in [-0.2, -0.15) is 0 Å². The third-order valence-corrected chi connectivity index (χ3v) is 4.24. The number of rotatable bonds is 5. The number of hydrogen-bond donors (Lipinski definition) is 1. The smallest absolute Gasteiger partial charge is 0.163 e. The topological polar surface area (TPSA) is 21.3 Å². The summed E-state index contributed by atoms with van der Waals surface area (Å²) in [7, 11) is 1.78. The summed E-state index contributed by atoms with van der Waals surface area (Å²) in [5.74, 6) is -1.57. The van der Waals surface area contributed by atoms with Crippen molar-refractivity contribution in [2.24, 2.45) is 0 Å². The molecular weight excluding hydrogens is 260 g/mol. The van der Waals surface area contributed by atoms with Gasteiger partial charge < -0.3 is 10.1 Å². The van der Waals surface area contributed by atoms with Crippen LogP contribution in [-0.4, -0.2) is 19.3 Å². The summed E-state index contributed by atoms with van der Waals surface area (Å²) in [5, 5.41) is 3.15. The largest absolute Gasteiger partial charge is 0.373 e. The van der Waals surface area contributed by atoms with Crippen molar-refractivity contribution >= 4 is 0 Å². The molecule has 0 aliphatic heterocycles. The molecule has 2 nitrogen and oxygen atoms in total. The van der Waals surface area contributed by atoms with Gasteiger partial charge in [-0.3, -0.25) is 0 Å². The SMILES string of the molecule is CCOC1(C(NC)c2cccc(F)c2F)CCCCC1. The van der Waals surface area contributed by atoms with Crippen molar-refractivity contribution in [3.05, 3.63) is 35.4 Å². The Labute approximate surface area is 119 Å². The zero-order valence-corrected chi connectivity index (χ0v) is 12.2. The van der Waals surface area contributed by atoms with Crippen molar-refractivity contribution in [2.45, 2.75) is 50.7 Å². The van der Waals surface area contributed by atoms with Crippen molar-refractivity contribution in [2.75, 3.05) is 13.7 Å². The summed E-state index contributed by atoms with van der Waals surface area (Å²) < 4.78 is 33.7. The van der Waals surface area contributed by atoms with Crippen LogP contribution in [0.25, 0.3) is 0 Å². The lowest BCUT2D eigenvalue weighted by Crippen LogP contribution is -2.47. The van der Waals surface area contributed by atoms with Gasteiger partial charge in [0.2, 0.25) is 0 Å². The molecule has 0 radical (unpaired) electrons. The standard InChI is InChI=1S/C16H23F2NO/c1-3-20-16(10-5-4-6-11-16)15(19-2)12-8-7-9-13(17)14(12)18/h7-9,15,19H,3-6,10-11H2,1-2H3. The van der Waals surface area contributed by atoms with E-state index in [-0.39, 0.29) is 6.04 Å². The van der Waals surface area contributed by atoms with E-state index in [0.29, 0.717) is 12.2 Å². The molecule has 1 N–H and O–H groups in total. The third kappa shape index (κ3) is 2.86. The minimum absolute atomic E-state index is 0.321. The lowest BCUT2D eigenvalue weighted by atomic mass is 9.76. The first-order valence-electron chi connectivity index (χ1n) is 7.40. The van der Waals surface area contributed by atoms with Crippen LogP contribution in [-0.2, 0) is 4.74 Å². The molecule has 1 fully saturated rings. The van der Waals surface area contributed by atoms with Gasteiger partial charge in [0.05, 0.1) is 11.6 Å². The van der Waals surface area contributed by atoms with Crippen molar-refractivity contribution in [3.8, 4) is 0 Å². The molecule has 1 aromatic carbocycles. The summed E-state index contributed by atoms with van der Waals surface area (Å²) in [6, 6.07) is 4.04. The fourth-order valence-corrected chi connectivity index (χ4v) is 3.40. The number of likely N-dealkylation sites (N-methyl/N-ethyl adjacent to an activating group) is 1. The van der Waals surface area contributed by atoms with Crippen LogP contribution in [0.3, 0.4) is 0 Å². The van der Waals surface area contributed by atoms with E-state index in [1.807, 2.05) is 6.92 Å². The van der Waals surface area contributed by atoms with E-state index in [0.717, 1.165) is 31.7 Å². The van der Waals surface area contributed by atoms with Crippen LogP contribution >= 0.6 is 0 Å². The molecule has 1 aliphatic rings. The Morgan fingerprint density at radius 3 is 2.55 bits per heavy atom. The Morgan fingerprint density at radius 2 is 1.95 bits per heavy atom. The van der Waals surface area contributed by atoms with Gasteiger partial charge in [-0.15, -0.1) is 0 Å². The van der Waals surface area contributed by atoms with Crippen molar-refractivity contribution in [1.82, 2.24) is 5.32 Å². The molecule has 1 aliphatic carbocycles. The average molecular weight is 283 g/mol. The van der Waals surface area contributed by atoms with Crippen molar-refractivity contribution in [1.29, 1.82) is 0 Å². The summed E-state index contributed by atoms with van der Waals surface area (Å²) in [6.45, 7) is 2.53. The molecule has 0 saturated heterocycles. The van der Waals surface area contributed by atoms with Gasteiger partial charge in [0.1, 0.15) is 0 Å². The van der Waals surface area contributed by atoms with Gasteiger partial charge in [-0.05, 0) is 32.9 Å². The second kappa shape index (κ2) is 6.64. The zero-order chi connectivity index (χ0) is 14.6. The Hall–Kier alpha value is -1.00. The van der Waals surface area contributed by atoms with Crippen LogP contribution in [0.2, 0.25) is 0 Å². The summed E-state index contributed by atoms with van der Waals surface area (Å²) in [4.78, 5) is 0. The summed E-state index contributed by atoms with van der Waals surface area (Å²) in [6.07, 6.45) is 5.06. The zero-order valence-electron chi connectivity index (χ0n) is 12.2. The van der Waals surface area contributed by atoms with Gasteiger partial charge in [-0.1, -0.05) is 31.4 Å². The third-order valence-electron chi connectivity index (χ3n) is 4.24. The fraction of sp³-hybridized carbons (Fsp3) is 0.625. The van der Waals surface area contributed by atoms with Crippen LogP contribution in [0.4, 0.5) is 8.78 Å². The van der Waals surface area contributed by atoms with Gasteiger partial charge in [0.25, 0.3) is 0 Å². The summed E-state index contributed by atoms with van der Waals surface area (Å²) >= 11 is 0. The molecule has 0 bridgehead atoms. The first-order valence-corrected chi connectivity index (χ1v) is 7.40. The van der Waals surface area contributed by atoms with E-state index in [9.17, 15) is 8.78 Å². The molecule has 0 aromatic heterocycles. The first-order chi connectivity index (χ1) is 9.64. The molecule has 112 valence electrons. The average Bonchev–Trinajstić information content (AvgIpc) is 2.45. The van der Waals surface area contributed by atoms with E-state index in [4.69, 9.17) is 4.74 Å². The Bertz CT molecular complexity index is 439. The van der Waals surface area contributed by atoms with Crippen molar-refractivity contribution < 1.29 is 13.5 Å². The maximum absolute atomic E-state index is 14.1. The second-order valence-corrected chi connectivity index (χ2v) is 5.42. The molecule has 4 heteroatoms. The molecule has 1 atom stereocenters. The lowest BCUT2D eigenvalue weighted by molar-refractivity contribution is -0.0905. The van der Waals surface area contributed by atoms with Gasteiger partial charge in [0, 0.05) is 12.2 Å². The number of ether oxygens (including phenoxy) is 1. The van der Waals surface area contributed by atoms with Gasteiger partial charge in [0.15, 0.2) is 11.6 Å². The molecule has 1 aromatic rings. The highest BCUT2D eigenvalue weighted by Gasteiger charge is 2.42. The van der Waals surface area contributed by atoms with E-state index < -0.39 is 17.2 Å². The molecule has 2 rings (SSSR count). The maximum Gasteiger partial charge on any atom is 0.163 e. The predicted molar refractivity (Wildman–Crippen MR) is 75.6 cm³/mol. The molecule has 1 unspecified atom stereocenters. The monoisotopic (exact) mass is 283 g/mol. The molecule has 1 saturated carbocycles. The molecule has 0 spiro atoms. The number of hydrogen-bond acceptors (Lipinski definition) is 2. The molecule has 0 heterocycles. The Kier molecular flexibility index (Phi) is 5.11. The molecule has 0 amide bonds. The lowest BCUT2D eigenvalue weighted by Gasteiger charge is -2.43. The minimum Gasteiger partial charge on any atom is -0.373 e. The first kappa shape index (κ1) is 15.4. The second-order valence-electron chi connectivity index (χ2n) is 5.42. The quantitative estimate of drug-likeness (QED) is 0.883. The van der Waals surface area contributed by atoms with E-state index >= 15 is 0 Å². The van der Waals surface area contributed by atoms with Crippen LogP contribution in [0.5, 0.6) is 0 Å². The van der Waals surface area contributed by atoms with E-state index in [1.54, 1.807) is 19.2 Å². The van der Waals surface area contributed by atoms with Crippen LogP contribution in [0.1, 0.15) is 50.6 Å². The van der Waals surface area contributed by atoms with E-state index in [2.05, 4.69) is 5.32 Å². The van der Waals surface area contributed by atoms with Crippen LogP contribution in [0, 0.1) is 11.6 Å².